The SMILES string of the molecule is O=C(c1cc2cccnc2n(Cc2ccccc2)c1=O)N1CCN(C(c2ccccc2)c2ccccc2)CC1. The van der Waals surface area contributed by atoms with Gasteiger partial charge in [-0.15, -0.1) is 0 Å². The van der Waals surface area contributed by atoms with Crippen LogP contribution in [0.5, 0.6) is 0 Å². The lowest BCUT2D eigenvalue weighted by molar-refractivity contribution is 0.0595. The van der Waals surface area contributed by atoms with Crippen molar-refractivity contribution in [3.63, 3.8) is 0 Å². The summed E-state index contributed by atoms with van der Waals surface area (Å²) < 4.78 is 1.62. The largest absolute Gasteiger partial charge is 0.336 e. The van der Waals surface area contributed by atoms with E-state index in [4.69, 9.17) is 0 Å². The van der Waals surface area contributed by atoms with Gasteiger partial charge in [0.15, 0.2) is 0 Å². The fourth-order valence-electron chi connectivity index (χ4n) is 5.51. The molecule has 39 heavy (non-hydrogen) atoms. The summed E-state index contributed by atoms with van der Waals surface area (Å²) in [6.07, 6.45) is 1.68. The monoisotopic (exact) mass is 514 g/mol. The van der Waals surface area contributed by atoms with Crippen LogP contribution in [0.3, 0.4) is 0 Å². The topological polar surface area (TPSA) is 58.4 Å². The van der Waals surface area contributed by atoms with Gasteiger partial charge in [0.05, 0.1) is 12.6 Å². The zero-order chi connectivity index (χ0) is 26.6. The van der Waals surface area contributed by atoms with Gasteiger partial charge in [-0.25, -0.2) is 4.98 Å². The number of hydrogen-bond acceptors (Lipinski definition) is 4. The number of fused-ring (bicyclic) bond motifs is 1. The minimum atomic E-state index is -0.302. The van der Waals surface area contributed by atoms with E-state index in [1.807, 2.05) is 59.5 Å². The Morgan fingerprint density at radius 2 is 1.33 bits per heavy atom. The van der Waals surface area contributed by atoms with Crippen LogP contribution in [0.1, 0.15) is 33.1 Å². The standard InChI is InChI=1S/C33H30N4O2/c38-32(29-23-28-17-10-18-34-31(28)37(33(29)39)24-25-11-4-1-5-12-25)36-21-19-35(20-22-36)30(26-13-6-2-7-14-26)27-15-8-3-9-16-27/h1-18,23,30H,19-22,24H2. The summed E-state index contributed by atoms with van der Waals surface area (Å²) in [6.45, 7) is 2.90. The molecule has 0 N–H and O–H groups in total. The molecule has 0 bridgehead atoms. The van der Waals surface area contributed by atoms with Crippen molar-refractivity contribution < 1.29 is 4.79 Å². The fourth-order valence-corrected chi connectivity index (χ4v) is 5.51. The number of nitrogens with zero attached hydrogens (tertiary/aromatic N) is 4. The van der Waals surface area contributed by atoms with Crippen LogP contribution in [0.15, 0.2) is 120 Å². The highest BCUT2D eigenvalue weighted by Crippen LogP contribution is 2.29. The van der Waals surface area contributed by atoms with E-state index in [9.17, 15) is 9.59 Å². The van der Waals surface area contributed by atoms with E-state index in [0.29, 0.717) is 38.4 Å². The van der Waals surface area contributed by atoms with Crippen LogP contribution in [-0.4, -0.2) is 51.4 Å². The second kappa shape index (κ2) is 11.1. The smallest absolute Gasteiger partial charge is 0.265 e. The minimum absolute atomic E-state index is 0.111. The van der Waals surface area contributed by atoms with Crippen LogP contribution in [-0.2, 0) is 6.54 Å². The van der Waals surface area contributed by atoms with Crippen molar-refractivity contribution in [3.8, 4) is 0 Å². The number of rotatable bonds is 6. The van der Waals surface area contributed by atoms with Gasteiger partial charge in [0.2, 0.25) is 0 Å². The second-order valence-corrected chi connectivity index (χ2v) is 9.90. The van der Waals surface area contributed by atoms with Gasteiger partial charge < -0.3 is 4.90 Å². The number of pyridine rings is 2. The summed E-state index contributed by atoms with van der Waals surface area (Å²) in [4.78, 5) is 36.1. The molecule has 1 saturated heterocycles. The molecule has 194 valence electrons. The fraction of sp³-hybridized carbons (Fsp3) is 0.182. The van der Waals surface area contributed by atoms with E-state index in [2.05, 4.69) is 58.4 Å². The second-order valence-electron chi connectivity index (χ2n) is 9.90. The van der Waals surface area contributed by atoms with Gasteiger partial charge in [-0.2, -0.15) is 0 Å². The van der Waals surface area contributed by atoms with Crippen LogP contribution in [0.25, 0.3) is 11.0 Å². The van der Waals surface area contributed by atoms with Gasteiger partial charge >= 0.3 is 0 Å². The van der Waals surface area contributed by atoms with E-state index >= 15 is 0 Å². The zero-order valence-electron chi connectivity index (χ0n) is 21.7. The summed E-state index contributed by atoms with van der Waals surface area (Å²) in [5, 5.41) is 0.781. The first-order chi connectivity index (χ1) is 19.2. The van der Waals surface area contributed by atoms with Gasteiger partial charge in [-0.05, 0) is 34.9 Å². The molecule has 6 heteroatoms. The molecular formula is C33H30N4O2. The van der Waals surface area contributed by atoms with Crippen molar-refractivity contribution in [1.82, 2.24) is 19.4 Å². The molecule has 0 aliphatic carbocycles. The molecule has 5 aromatic rings. The predicted molar refractivity (Wildman–Crippen MR) is 154 cm³/mol. The number of benzene rings is 3. The van der Waals surface area contributed by atoms with Crippen molar-refractivity contribution in [2.24, 2.45) is 0 Å². The molecule has 0 radical (unpaired) electrons. The highest BCUT2D eigenvalue weighted by molar-refractivity contribution is 5.97. The Hall–Kier alpha value is -4.55. The zero-order valence-corrected chi connectivity index (χ0v) is 21.7. The quantitative estimate of drug-likeness (QED) is 0.320. The lowest BCUT2D eigenvalue weighted by atomic mass is 9.96. The molecule has 1 aliphatic heterocycles. The first kappa shape index (κ1) is 24.8. The third kappa shape index (κ3) is 5.11. The summed E-state index contributed by atoms with van der Waals surface area (Å²) in [6, 6.07) is 36.3. The van der Waals surface area contributed by atoms with E-state index in [1.54, 1.807) is 16.8 Å². The molecule has 1 amide bonds. The van der Waals surface area contributed by atoms with Crippen molar-refractivity contribution in [3.05, 3.63) is 148 Å². The number of piperazine rings is 1. The summed E-state index contributed by atoms with van der Waals surface area (Å²) in [7, 11) is 0. The van der Waals surface area contributed by atoms with E-state index in [-0.39, 0.29) is 23.1 Å². The highest BCUT2D eigenvalue weighted by atomic mass is 16.2. The van der Waals surface area contributed by atoms with Crippen LogP contribution < -0.4 is 5.56 Å². The molecule has 0 saturated carbocycles. The molecule has 1 aliphatic rings. The Morgan fingerprint density at radius 3 is 1.95 bits per heavy atom. The van der Waals surface area contributed by atoms with Crippen molar-refractivity contribution in [2.75, 3.05) is 26.2 Å². The van der Waals surface area contributed by atoms with E-state index in [1.165, 1.54) is 11.1 Å². The molecule has 1 fully saturated rings. The van der Waals surface area contributed by atoms with Crippen LogP contribution >= 0.6 is 0 Å². The molecule has 3 aromatic carbocycles. The average molecular weight is 515 g/mol. The molecule has 3 heterocycles. The maximum atomic E-state index is 13.8. The lowest BCUT2D eigenvalue weighted by Crippen LogP contribution is -2.50. The van der Waals surface area contributed by atoms with Gasteiger partial charge in [0.25, 0.3) is 11.5 Å². The van der Waals surface area contributed by atoms with E-state index < -0.39 is 0 Å². The maximum Gasteiger partial charge on any atom is 0.265 e. The van der Waals surface area contributed by atoms with Crippen LogP contribution in [0, 0.1) is 0 Å². The molecule has 2 aromatic heterocycles. The molecule has 6 rings (SSSR count). The third-order valence-corrected chi connectivity index (χ3v) is 7.46. The van der Waals surface area contributed by atoms with Crippen molar-refractivity contribution in [2.45, 2.75) is 12.6 Å². The Bertz CT molecular complexity index is 1590. The Morgan fingerprint density at radius 1 is 0.744 bits per heavy atom. The summed E-state index contributed by atoms with van der Waals surface area (Å²) >= 11 is 0. The Balaban J connectivity index is 1.27. The van der Waals surface area contributed by atoms with Crippen LogP contribution in [0.2, 0.25) is 0 Å². The molecule has 6 nitrogen and oxygen atoms in total. The predicted octanol–water partition coefficient (Wildman–Crippen LogP) is 4.99. The van der Waals surface area contributed by atoms with Gasteiger partial charge in [-0.3, -0.25) is 19.1 Å². The lowest BCUT2D eigenvalue weighted by Gasteiger charge is -2.39. The number of aromatic nitrogens is 2. The first-order valence-electron chi connectivity index (χ1n) is 13.3. The number of carbonyl (C=O) groups is 1. The molecular weight excluding hydrogens is 484 g/mol. The third-order valence-electron chi connectivity index (χ3n) is 7.46. The van der Waals surface area contributed by atoms with Crippen molar-refractivity contribution in [1.29, 1.82) is 0 Å². The van der Waals surface area contributed by atoms with E-state index in [0.717, 1.165) is 10.9 Å². The maximum absolute atomic E-state index is 13.8. The van der Waals surface area contributed by atoms with Gasteiger partial charge in [-0.1, -0.05) is 91.0 Å². The molecule has 0 unspecified atom stereocenters. The number of carbonyl (C=O) groups excluding carboxylic acids is 1. The molecule has 0 atom stereocenters. The highest BCUT2D eigenvalue weighted by Gasteiger charge is 2.30. The van der Waals surface area contributed by atoms with Crippen LogP contribution in [0.4, 0.5) is 0 Å². The summed E-state index contributed by atoms with van der Waals surface area (Å²) in [5.41, 5.74) is 3.93. The summed E-state index contributed by atoms with van der Waals surface area (Å²) in [5.74, 6) is -0.219. The average Bonchev–Trinajstić information content (AvgIpc) is 3.00. The normalized spacial score (nSPS) is 14.1. The minimum Gasteiger partial charge on any atom is -0.336 e. The number of amides is 1. The Kier molecular flexibility index (Phi) is 7.02. The Labute approximate surface area is 227 Å². The van der Waals surface area contributed by atoms with Gasteiger partial charge in [0.1, 0.15) is 11.2 Å². The first-order valence-corrected chi connectivity index (χ1v) is 13.3. The molecule has 0 spiro atoms. The number of hydrogen-bond donors (Lipinski definition) is 0. The van der Waals surface area contributed by atoms with Crippen molar-refractivity contribution >= 4 is 16.9 Å². The van der Waals surface area contributed by atoms with Gasteiger partial charge in [0, 0.05) is 37.8 Å².